The Morgan fingerprint density at radius 2 is 2.33 bits per heavy atom. The molecule has 0 heterocycles. The molecule has 0 rings (SSSR count). The predicted molar refractivity (Wildman–Crippen MR) is 33.5 cm³/mol. The van der Waals surface area contributed by atoms with Crippen molar-refractivity contribution in [2.75, 3.05) is 13.3 Å². The first-order valence-corrected chi connectivity index (χ1v) is 4.41. The third-order valence-corrected chi connectivity index (χ3v) is 2.78. The highest BCUT2D eigenvalue weighted by molar-refractivity contribution is 8.43. The van der Waals surface area contributed by atoms with Gasteiger partial charge < -0.3 is 4.52 Å². The van der Waals surface area contributed by atoms with E-state index in [-0.39, 0.29) is 7.35 Å². The standard InChI is InChI=1S/C3H9OPS/c1-3-5(6)4-2/h6H,3H2,1-2H3. The second-order valence-electron chi connectivity index (χ2n) is 0.851. The summed E-state index contributed by atoms with van der Waals surface area (Å²) >= 11 is 4.07. The van der Waals surface area contributed by atoms with Gasteiger partial charge in [0.2, 0.25) is 0 Å². The molecule has 0 saturated heterocycles. The molecule has 0 amide bonds. The third-order valence-electron chi connectivity index (χ3n) is 0.481. The number of hydrogen-bond donors (Lipinski definition) is 1. The Hall–Kier alpha value is 0.740. The molecule has 0 aromatic carbocycles. The number of thiol groups is 1. The van der Waals surface area contributed by atoms with Gasteiger partial charge in [0.1, 0.15) is 0 Å². The average molecular weight is 124 g/mol. The molecular formula is C3H9OPS. The first-order chi connectivity index (χ1) is 2.81. The van der Waals surface area contributed by atoms with Crippen LogP contribution in [-0.2, 0) is 4.52 Å². The summed E-state index contributed by atoms with van der Waals surface area (Å²) < 4.78 is 4.83. The summed E-state index contributed by atoms with van der Waals surface area (Å²) in [6, 6.07) is 0. The molecule has 1 nitrogen and oxygen atoms in total. The van der Waals surface area contributed by atoms with E-state index in [1.807, 2.05) is 0 Å². The van der Waals surface area contributed by atoms with Crippen molar-refractivity contribution in [1.29, 1.82) is 0 Å². The molecule has 3 heteroatoms. The van der Waals surface area contributed by atoms with Crippen molar-refractivity contribution >= 4 is 19.6 Å². The van der Waals surface area contributed by atoms with Crippen LogP contribution in [0.1, 0.15) is 6.92 Å². The van der Waals surface area contributed by atoms with Gasteiger partial charge >= 0.3 is 0 Å². The van der Waals surface area contributed by atoms with Gasteiger partial charge in [0.15, 0.2) is 0 Å². The first kappa shape index (κ1) is 6.74. The van der Waals surface area contributed by atoms with Crippen LogP contribution < -0.4 is 0 Å². The second-order valence-corrected chi connectivity index (χ2v) is 3.89. The summed E-state index contributed by atoms with van der Waals surface area (Å²) in [6.45, 7) is 2.06. The van der Waals surface area contributed by atoms with E-state index in [1.165, 1.54) is 0 Å². The van der Waals surface area contributed by atoms with Crippen molar-refractivity contribution in [3.63, 3.8) is 0 Å². The quantitative estimate of drug-likeness (QED) is 0.437. The van der Waals surface area contributed by atoms with E-state index < -0.39 is 0 Å². The van der Waals surface area contributed by atoms with Crippen LogP contribution in [0.4, 0.5) is 0 Å². The Labute approximate surface area is 45.1 Å². The molecule has 0 aromatic heterocycles. The Bertz CT molecular complexity index is 30.0. The minimum Gasteiger partial charge on any atom is -0.352 e. The second kappa shape index (κ2) is 3.91. The van der Waals surface area contributed by atoms with E-state index in [0.717, 1.165) is 6.16 Å². The Balaban J connectivity index is 2.75. The first-order valence-electron chi connectivity index (χ1n) is 1.81. The van der Waals surface area contributed by atoms with Gasteiger partial charge in [-0.3, -0.25) is 0 Å². The van der Waals surface area contributed by atoms with Crippen molar-refractivity contribution in [3.05, 3.63) is 0 Å². The van der Waals surface area contributed by atoms with E-state index in [2.05, 4.69) is 19.2 Å². The minimum atomic E-state index is -0.382. The molecule has 1 atom stereocenters. The molecule has 6 heavy (non-hydrogen) atoms. The maximum atomic E-state index is 4.83. The van der Waals surface area contributed by atoms with E-state index in [4.69, 9.17) is 4.52 Å². The van der Waals surface area contributed by atoms with Crippen LogP contribution >= 0.6 is 19.6 Å². The molecule has 0 fully saturated rings. The van der Waals surface area contributed by atoms with Crippen molar-refractivity contribution in [2.24, 2.45) is 0 Å². The summed E-state index contributed by atoms with van der Waals surface area (Å²) in [5.41, 5.74) is 0. The summed E-state index contributed by atoms with van der Waals surface area (Å²) in [7, 11) is 1.30. The smallest absolute Gasteiger partial charge is 0.0849 e. The van der Waals surface area contributed by atoms with Crippen molar-refractivity contribution < 1.29 is 4.52 Å². The van der Waals surface area contributed by atoms with E-state index in [9.17, 15) is 0 Å². The third kappa shape index (κ3) is 2.95. The van der Waals surface area contributed by atoms with E-state index in [0.29, 0.717) is 0 Å². The van der Waals surface area contributed by atoms with Crippen LogP contribution in [0.5, 0.6) is 0 Å². The topological polar surface area (TPSA) is 9.23 Å². The normalized spacial score (nSPS) is 14.5. The lowest BCUT2D eigenvalue weighted by molar-refractivity contribution is 0.473. The Morgan fingerprint density at radius 3 is 2.33 bits per heavy atom. The zero-order chi connectivity index (χ0) is 4.99. The molecule has 0 saturated carbocycles. The van der Waals surface area contributed by atoms with Crippen LogP contribution in [0.25, 0.3) is 0 Å². The summed E-state index contributed by atoms with van der Waals surface area (Å²) in [5, 5.41) is 0. The molecule has 0 bridgehead atoms. The predicted octanol–water partition coefficient (Wildman–Crippen LogP) is 1.89. The number of hydrogen-bond acceptors (Lipinski definition) is 2. The molecule has 0 aliphatic rings. The van der Waals surface area contributed by atoms with Gasteiger partial charge in [-0.05, 0) is 6.16 Å². The van der Waals surface area contributed by atoms with Crippen LogP contribution in [0, 0.1) is 0 Å². The lowest BCUT2D eigenvalue weighted by Gasteiger charge is -1.99. The molecule has 1 unspecified atom stereocenters. The molecule has 0 spiro atoms. The average Bonchev–Trinajstić information content (AvgIpc) is 1.65. The summed E-state index contributed by atoms with van der Waals surface area (Å²) in [4.78, 5) is 0. The van der Waals surface area contributed by atoms with E-state index in [1.54, 1.807) is 7.11 Å². The van der Waals surface area contributed by atoms with Gasteiger partial charge in [-0.15, -0.1) is 12.2 Å². The maximum Gasteiger partial charge on any atom is 0.0849 e. The van der Waals surface area contributed by atoms with Crippen LogP contribution in [0.3, 0.4) is 0 Å². The Morgan fingerprint density at radius 1 is 1.83 bits per heavy atom. The highest BCUT2D eigenvalue weighted by Crippen LogP contribution is 2.39. The van der Waals surface area contributed by atoms with Gasteiger partial charge in [0.05, 0.1) is 7.35 Å². The largest absolute Gasteiger partial charge is 0.352 e. The van der Waals surface area contributed by atoms with Crippen molar-refractivity contribution in [1.82, 2.24) is 0 Å². The molecule has 38 valence electrons. The van der Waals surface area contributed by atoms with Gasteiger partial charge in [0, 0.05) is 7.11 Å². The van der Waals surface area contributed by atoms with Crippen LogP contribution in [0.15, 0.2) is 0 Å². The van der Waals surface area contributed by atoms with Gasteiger partial charge in [-0.25, -0.2) is 0 Å². The molecule has 0 radical (unpaired) electrons. The molecule has 0 N–H and O–H groups in total. The lowest BCUT2D eigenvalue weighted by Crippen LogP contribution is -1.69. The van der Waals surface area contributed by atoms with Crippen molar-refractivity contribution in [3.8, 4) is 0 Å². The maximum absolute atomic E-state index is 4.83. The Kier molecular flexibility index (Phi) is 4.40. The SMILES string of the molecule is CCP(S)OC. The zero-order valence-electron chi connectivity index (χ0n) is 4.01. The summed E-state index contributed by atoms with van der Waals surface area (Å²) in [6.07, 6.45) is 1.04. The van der Waals surface area contributed by atoms with Crippen molar-refractivity contribution in [2.45, 2.75) is 6.92 Å². The fourth-order valence-corrected chi connectivity index (χ4v) is 0.387. The fraction of sp³-hybridized carbons (Fsp3) is 1.00. The fourth-order valence-electron chi connectivity index (χ4n) is 0.129. The molecule has 0 aromatic rings. The monoisotopic (exact) mass is 124 g/mol. The van der Waals surface area contributed by atoms with Crippen LogP contribution in [0.2, 0.25) is 0 Å². The molecule has 0 aliphatic carbocycles. The summed E-state index contributed by atoms with van der Waals surface area (Å²) in [5.74, 6) is 0. The van der Waals surface area contributed by atoms with Gasteiger partial charge in [0.25, 0.3) is 0 Å². The highest BCUT2D eigenvalue weighted by atomic mass is 32.7. The zero-order valence-corrected chi connectivity index (χ0v) is 5.80. The lowest BCUT2D eigenvalue weighted by atomic mass is 11.0. The van der Waals surface area contributed by atoms with Gasteiger partial charge in [-0.1, -0.05) is 6.92 Å². The molecule has 0 aliphatic heterocycles. The van der Waals surface area contributed by atoms with Gasteiger partial charge in [-0.2, -0.15) is 0 Å². The van der Waals surface area contributed by atoms with E-state index >= 15 is 0 Å². The highest BCUT2D eigenvalue weighted by Gasteiger charge is 1.89. The minimum absolute atomic E-state index is 0.382. The molecular weight excluding hydrogens is 115 g/mol. The number of rotatable bonds is 2. The van der Waals surface area contributed by atoms with Crippen LogP contribution in [-0.4, -0.2) is 13.3 Å².